The van der Waals surface area contributed by atoms with E-state index in [0.29, 0.717) is 27.0 Å². The van der Waals surface area contributed by atoms with Crippen LogP contribution in [-0.4, -0.2) is 18.0 Å². The van der Waals surface area contributed by atoms with Crippen molar-refractivity contribution in [2.45, 2.75) is 45.1 Å². The van der Waals surface area contributed by atoms with E-state index < -0.39 is 18.0 Å². The first-order valence-corrected chi connectivity index (χ1v) is 10.1. The zero-order valence-electron chi connectivity index (χ0n) is 14.3. The Morgan fingerprint density at radius 3 is 2.73 bits per heavy atom. The van der Waals surface area contributed by atoms with Gasteiger partial charge in [-0.15, -0.1) is 11.3 Å². The normalized spacial score (nSPS) is 14.4. The average molecular weight is 412 g/mol. The molecule has 0 bridgehead atoms. The highest BCUT2D eigenvalue weighted by Crippen LogP contribution is 2.30. The van der Waals surface area contributed by atoms with Crippen molar-refractivity contribution in [3.8, 4) is 0 Å². The van der Waals surface area contributed by atoms with Crippen LogP contribution in [0.15, 0.2) is 24.3 Å². The third kappa shape index (κ3) is 4.40. The molecule has 7 heteroatoms. The summed E-state index contributed by atoms with van der Waals surface area (Å²) in [5, 5.41) is 3.51. The number of hydrogen-bond acceptors (Lipinski definition) is 4. The highest BCUT2D eigenvalue weighted by atomic mass is 35.5. The molecule has 1 aliphatic carbocycles. The molecule has 0 saturated carbocycles. The first-order valence-electron chi connectivity index (χ1n) is 8.56. The van der Waals surface area contributed by atoms with Gasteiger partial charge in [-0.1, -0.05) is 30.1 Å². The number of carbonyl (C=O) groups is 2. The summed E-state index contributed by atoms with van der Waals surface area (Å²) in [6.45, 7) is 1.79. The van der Waals surface area contributed by atoms with Crippen LogP contribution >= 0.6 is 34.5 Å². The third-order valence-electron chi connectivity index (χ3n) is 4.30. The minimum Gasteiger partial charge on any atom is -0.448 e. The van der Waals surface area contributed by atoms with Gasteiger partial charge in [-0.05, 0) is 61.9 Å². The van der Waals surface area contributed by atoms with E-state index in [9.17, 15) is 9.59 Å². The molecule has 0 fully saturated rings. The van der Waals surface area contributed by atoms with Crippen LogP contribution in [0.1, 0.15) is 46.3 Å². The molecule has 1 heterocycles. The molecule has 0 aliphatic heterocycles. The molecule has 1 atom stereocenters. The number of amides is 1. The van der Waals surface area contributed by atoms with Gasteiger partial charge in [0.2, 0.25) is 0 Å². The zero-order valence-corrected chi connectivity index (χ0v) is 16.6. The summed E-state index contributed by atoms with van der Waals surface area (Å²) in [7, 11) is 0. The minimum absolute atomic E-state index is 0.362. The smallest absolute Gasteiger partial charge is 0.349 e. The number of benzene rings is 1. The maximum Gasteiger partial charge on any atom is 0.349 e. The van der Waals surface area contributed by atoms with Crippen molar-refractivity contribution >= 4 is 52.1 Å². The van der Waals surface area contributed by atoms with Crippen molar-refractivity contribution < 1.29 is 14.3 Å². The predicted octanol–water partition coefficient (Wildman–Crippen LogP) is 5.51. The predicted molar refractivity (Wildman–Crippen MR) is 106 cm³/mol. The minimum atomic E-state index is -0.892. The summed E-state index contributed by atoms with van der Waals surface area (Å²) >= 11 is 13.5. The van der Waals surface area contributed by atoms with Crippen molar-refractivity contribution in [2.24, 2.45) is 0 Å². The van der Waals surface area contributed by atoms with Crippen LogP contribution in [0, 0.1) is 0 Å². The molecule has 1 N–H and O–H groups in total. The Kier molecular flexibility index (Phi) is 6.22. The topological polar surface area (TPSA) is 55.4 Å². The lowest BCUT2D eigenvalue weighted by Gasteiger charge is -2.16. The maximum absolute atomic E-state index is 12.5. The van der Waals surface area contributed by atoms with Gasteiger partial charge in [0.1, 0.15) is 4.88 Å². The van der Waals surface area contributed by atoms with Crippen molar-refractivity contribution in [3.63, 3.8) is 0 Å². The van der Waals surface area contributed by atoms with Gasteiger partial charge in [0.05, 0.1) is 10.7 Å². The fraction of sp³-hybridized carbons (Fsp3) is 0.368. The van der Waals surface area contributed by atoms with Crippen molar-refractivity contribution in [1.82, 2.24) is 0 Å². The average Bonchev–Trinajstić information content (AvgIpc) is 3.06. The van der Waals surface area contributed by atoms with Gasteiger partial charge >= 0.3 is 5.97 Å². The SMILES string of the molecule is CCC(OC(=O)c1cc2c(s1)CCCC2)C(=O)Nc1cc(Cl)ccc1Cl. The zero-order chi connectivity index (χ0) is 18.7. The number of fused-ring (bicyclic) bond motifs is 1. The number of anilines is 1. The highest BCUT2D eigenvalue weighted by Gasteiger charge is 2.25. The van der Waals surface area contributed by atoms with Crippen LogP contribution in [0.4, 0.5) is 5.69 Å². The van der Waals surface area contributed by atoms with Crippen molar-refractivity contribution in [1.29, 1.82) is 0 Å². The molecule has 0 radical (unpaired) electrons. The Bertz CT molecular complexity index is 811. The van der Waals surface area contributed by atoms with Gasteiger partial charge in [0, 0.05) is 9.90 Å². The van der Waals surface area contributed by atoms with Crippen molar-refractivity contribution in [3.05, 3.63) is 49.6 Å². The van der Waals surface area contributed by atoms with E-state index in [4.69, 9.17) is 27.9 Å². The summed E-state index contributed by atoms with van der Waals surface area (Å²) < 4.78 is 5.45. The lowest BCUT2D eigenvalue weighted by Crippen LogP contribution is -2.32. The van der Waals surface area contributed by atoms with Gasteiger partial charge < -0.3 is 10.1 Å². The van der Waals surface area contributed by atoms with Crippen LogP contribution in [0.25, 0.3) is 0 Å². The molecular weight excluding hydrogens is 393 g/mol. The largest absolute Gasteiger partial charge is 0.448 e. The number of nitrogens with one attached hydrogen (secondary N) is 1. The number of carbonyl (C=O) groups excluding carboxylic acids is 2. The van der Waals surface area contributed by atoms with E-state index in [1.54, 1.807) is 25.1 Å². The van der Waals surface area contributed by atoms with E-state index in [0.717, 1.165) is 25.7 Å². The van der Waals surface area contributed by atoms with E-state index >= 15 is 0 Å². The number of halogens is 2. The Morgan fingerprint density at radius 2 is 2.00 bits per heavy atom. The molecule has 0 saturated heterocycles. The summed E-state index contributed by atoms with van der Waals surface area (Å²) in [6, 6.07) is 6.70. The number of esters is 1. The van der Waals surface area contributed by atoms with Crippen LogP contribution in [-0.2, 0) is 22.4 Å². The van der Waals surface area contributed by atoms with Crippen LogP contribution in [0.2, 0.25) is 10.0 Å². The Labute approximate surface area is 166 Å². The van der Waals surface area contributed by atoms with Gasteiger partial charge in [-0.3, -0.25) is 4.79 Å². The fourth-order valence-corrected chi connectivity index (χ4v) is 4.38. The molecule has 4 nitrogen and oxygen atoms in total. The van der Waals surface area contributed by atoms with Crippen LogP contribution in [0.3, 0.4) is 0 Å². The second kappa shape index (κ2) is 8.42. The number of thiophene rings is 1. The molecule has 1 aromatic carbocycles. The Morgan fingerprint density at radius 1 is 1.23 bits per heavy atom. The molecule has 0 spiro atoms. The first-order chi connectivity index (χ1) is 12.5. The number of aryl methyl sites for hydroxylation is 2. The maximum atomic E-state index is 12.5. The van der Waals surface area contributed by atoms with E-state index in [2.05, 4.69) is 5.32 Å². The quantitative estimate of drug-likeness (QED) is 0.659. The number of rotatable bonds is 5. The van der Waals surface area contributed by atoms with Gasteiger partial charge in [0.15, 0.2) is 6.10 Å². The van der Waals surface area contributed by atoms with Crippen molar-refractivity contribution in [2.75, 3.05) is 5.32 Å². The number of ether oxygens (including phenoxy) is 1. The Balaban J connectivity index is 1.68. The van der Waals surface area contributed by atoms with E-state index in [-0.39, 0.29) is 0 Å². The second-order valence-electron chi connectivity index (χ2n) is 6.18. The fourth-order valence-electron chi connectivity index (χ4n) is 2.91. The Hall–Kier alpha value is -1.56. The molecule has 3 rings (SSSR count). The van der Waals surface area contributed by atoms with E-state index in [1.807, 2.05) is 6.07 Å². The van der Waals surface area contributed by atoms with Gasteiger partial charge in [-0.25, -0.2) is 4.79 Å². The lowest BCUT2D eigenvalue weighted by molar-refractivity contribution is -0.124. The van der Waals surface area contributed by atoms with Gasteiger partial charge in [-0.2, -0.15) is 0 Å². The molecule has 26 heavy (non-hydrogen) atoms. The van der Waals surface area contributed by atoms with E-state index in [1.165, 1.54) is 21.8 Å². The lowest BCUT2D eigenvalue weighted by atomic mass is 9.99. The molecule has 2 aromatic rings. The molecule has 138 valence electrons. The van der Waals surface area contributed by atoms with Gasteiger partial charge in [0.25, 0.3) is 5.91 Å². The second-order valence-corrected chi connectivity index (χ2v) is 8.16. The highest BCUT2D eigenvalue weighted by molar-refractivity contribution is 7.14. The standard InChI is InChI=1S/C19H19Cl2NO3S/c1-2-15(18(23)22-14-10-12(20)7-8-13(14)21)25-19(24)17-9-11-5-3-4-6-16(11)26-17/h7-10,15H,2-6H2,1H3,(H,22,23). The summed E-state index contributed by atoms with van der Waals surface area (Å²) in [6.07, 6.45) is 3.79. The monoisotopic (exact) mass is 411 g/mol. The summed E-state index contributed by atoms with van der Waals surface area (Å²) in [5.74, 6) is -0.880. The summed E-state index contributed by atoms with van der Waals surface area (Å²) in [5.41, 5.74) is 1.63. The number of hydrogen-bond donors (Lipinski definition) is 1. The third-order valence-corrected chi connectivity index (χ3v) is 6.08. The molecule has 1 aliphatic rings. The van der Waals surface area contributed by atoms with Crippen LogP contribution in [0.5, 0.6) is 0 Å². The summed E-state index contributed by atoms with van der Waals surface area (Å²) in [4.78, 5) is 26.8. The molecule has 1 aromatic heterocycles. The molecule has 1 amide bonds. The first kappa shape index (κ1) is 19.2. The molecular formula is C19H19Cl2NO3S. The molecule has 1 unspecified atom stereocenters. The van der Waals surface area contributed by atoms with Crippen LogP contribution < -0.4 is 5.32 Å².